The van der Waals surface area contributed by atoms with Crippen molar-refractivity contribution in [1.82, 2.24) is 14.9 Å². The van der Waals surface area contributed by atoms with Crippen LogP contribution < -0.4 is 14.8 Å². The summed E-state index contributed by atoms with van der Waals surface area (Å²) in [5.74, 6) is 2.45. The monoisotopic (exact) mass is 457 g/mol. The molecule has 0 aliphatic heterocycles. The van der Waals surface area contributed by atoms with Gasteiger partial charge in [-0.15, -0.1) is 0 Å². The van der Waals surface area contributed by atoms with Crippen molar-refractivity contribution in [2.75, 3.05) is 20.3 Å². The molecule has 1 amide bonds. The fourth-order valence-electron chi connectivity index (χ4n) is 4.05. The van der Waals surface area contributed by atoms with E-state index < -0.39 is 0 Å². The van der Waals surface area contributed by atoms with Crippen molar-refractivity contribution in [1.29, 1.82) is 0 Å². The van der Waals surface area contributed by atoms with E-state index in [9.17, 15) is 4.79 Å². The van der Waals surface area contributed by atoms with Gasteiger partial charge in [0.15, 0.2) is 0 Å². The van der Waals surface area contributed by atoms with E-state index in [-0.39, 0.29) is 5.91 Å². The second-order valence-electron chi connectivity index (χ2n) is 8.10. The summed E-state index contributed by atoms with van der Waals surface area (Å²) in [4.78, 5) is 17.3. The molecule has 1 N–H and O–H groups in total. The number of nitrogens with one attached hydrogen (secondary N) is 1. The number of rotatable bonds is 12. The number of carbonyl (C=O) groups excluding carboxylic acids is 1. The van der Waals surface area contributed by atoms with Gasteiger partial charge in [0, 0.05) is 13.0 Å². The van der Waals surface area contributed by atoms with Gasteiger partial charge in [0.05, 0.1) is 30.3 Å². The van der Waals surface area contributed by atoms with Gasteiger partial charge in [-0.3, -0.25) is 4.79 Å². The third-order valence-corrected chi connectivity index (χ3v) is 5.77. The predicted octanol–water partition coefficient (Wildman–Crippen LogP) is 5.27. The first-order chi connectivity index (χ1) is 16.8. The molecule has 6 nitrogen and oxygen atoms in total. The number of unbranched alkanes of at least 4 members (excludes halogenated alkanes) is 2. The van der Waals surface area contributed by atoms with Crippen LogP contribution in [0.1, 0.15) is 35.4 Å². The van der Waals surface area contributed by atoms with Crippen LogP contribution in [-0.2, 0) is 13.0 Å². The van der Waals surface area contributed by atoms with Gasteiger partial charge >= 0.3 is 0 Å². The standard InChI is InChI=1S/C28H31N3O3/c1-33-26-17-10-7-14-23(26)28(32)29-19-11-3-6-18-27-30-24-15-8-9-16-25(24)31(27)20-21-34-22-12-4-2-5-13-22/h2,4-5,7-10,12-17H,3,6,11,18-21H2,1H3,(H,29,32). The van der Waals surface area contributed by atoms with Gasteiger partial charge in [-0.2, -0.15) is 0 Å². The molecule has 1 aromatic heterocycles. The number of nitrogens with zero attached hydrogens (tertiary/aromatic N) is 2. The molecule has 0 unspecified atom stereocenters. The van der Waals surface area contributed by atoms with E-state index in [0.717, 1.165) is 54.8 Å². The number of aryl methyl sites for hydroxylation is 1. The molecule has 0 radical (unpaired) electrons. The van der Waals surface area contributed by atoms with Crippen molar-refractivity contribution < 1.29 is 14.3 Å². The SMILES string of the molecule is COc1ccccc1C(=O)NCCCCCc1nc2ccccc2n1CCOc1ccccc1. The Bertz CT molecular complexity index is 1200. The van der Waals surface area contributed by atoms with Crippen LogP contribution in [0, 0.1) is 0 Å². The minimum Gasteiger partial charge on any atom is -0.496 e. The Morgan fingerprint density at radius 2 is 1.68 bits per heavy atom. The molecule has 0 aliphatic carbocycles. The number of fused-ring (bicyclic) bond motifs is 1. The van der Waals surface area contributed by atoms with Crippen molar-refractivity contribution in [2.45, 2.75) is 32.2 Å². The van der Waals surface area contributed by atoms with Crippen LogP contribution in [0.25, 0.3) is 11.0 Å². The van der Waals surface area contributed by atoms with Gasteiger partial charge < -0.3 is 19.4 Å². The summed E-state index contributed by atoms with van der Waals surface area (Å²) in [5, 5.41) is 2.99. The maximum Gasteiger partial charge on any atom is 0.255 e. The number of hydrogen-bond donors (Lipinski definition) is 1. The third kappa shape index (κ3) is 5.95. The highest BCUT2D eigenvalue weighted by molar-refractivity contribution is 5.96. The summed E-state index contributed by atoms with van der Waals surface area (Å²) < 4.78 is 13.5. The Hall–Kier alpha value is -3.80. The normalized spacial score (nSPS) is 10.9. The lowest BCUT2D eigenvalue weighted by molar-refractivity contribution is 0.0950. The Morgan fingerprint density at radius 3 is 2.53 bits per heavy atom. The predicted molar refractivity (Wildman–Crippen MR) is 135 cm³/mol. The fraction of sp³-hybridized carbons (Fsp3) is 0.286. The number of para-hydroxylation sites is 4. The molecular formula is C28H31N3O3. The number of aromatic nitrogens is 2. The van der Waals surface area contributed by atoms with Crippen molar-refractivity contribution in [2.24, 2.45) is 0 Å². The minimum absolute atomic E-state index is 0.0994. The van der Waals surface area contributed by atoms with Crippen LogP contribution in [0.4, 0.5) is 0 Å². The molecule has 176 valence electrons. The van der Waals surface area contributed by atoms with Crippen LogP contribution in [0.5, 0.6) is 11.5 Å². The third-order valence-electron chi connectivity index (χ3n) is 5.77. The Balaban J connectivity index is 1.26. The van der Waals surface area contributed by atoms with Crippen molar-refractivity contribution in [3.05, 3.63) is 90.3 Å². The number of ether oxygens (including phenoxy) is 2. The summed E-state index contributed by atoms with van der Waals surface area (Å²) in [5.41, 5.74) is 2.72. The summed E-state index contributed by atoms with van der Waals surface area (Å²) >= 11 is 0. The lowest BCUT2D eigenvalue weighted by Gasteiger charge is -2.11. The van der Waals surface area contributed by atoms with E-state index in [1.807, 2.05) is 54.6 Å². The first kappa shape index (κ1) is 23.4. The lowest BCUT2D eigenvalue weighted by Crippen LogP contribution is -2.24. The molecule has 0 aliphatic rings. The molecule has 4 aromatic rings. The van der Waals surface area contributed by atoms with E-state index in [2.05, 4.69) is 22.0 Å². The summed E-state index contributed by atoms with van der Waals surface area (Å²) in [6.07, 6.45) is 3.82. The lowest BCUT2D eigenvalue weighted by atomic mass is 10.1. The van der Waals surface area contributed by atoms with Gasteiger partial charge in [-0.25, -0.2) is 4.98 Å². The van der Waals surface area contributed by atoms with E-state index in [1.165, 1.54) is 0 Å². The quantitative estimate of drug-likeness (QED) is 0.295. The summed E-state index contributed by atoms with van der Waals surface area (Å²) in [6, 6.07) is 25.4. The summed E-state index contributed by atoms with van der Waals surface area (Å²) in [6.45, 7) is 1.98. The number of hydrogen-bond acceptors (Lipinski definition) is 4. The van der Waals surface area contributed by atoms with Gasteiger partial charge in [-0.05, 0) is 49.2 Å². The minimum atomic E-state index is -0.0994. The van der Waals surface area contributed by atoms with E-state index in [1.54, 1.807) is 19.2 Å². The highest BCUT2D eigenvalue weighted by atomic mass is 16.5. The first-order valence-electron chi connectivity index (χ1n) is 11.8. The molecule has 0 bridgehead atoms. The number of imidazole rings is 1. The Labute approximate surface area is 200 Å². The maximum atomic E-state index is 12.4. The van der Waals surface area contributed by atoms with Crippen molar-refractivity contribution in [3.8, 4) is 11.5 Å². The van der Waals surface area contributed by atoms with Gasteiger partial charge in [0.1, 0.15) is 23.9 Å². The smallest absolute Gasteiger partial charge is 0.255 e. The zero-order chi connectivity index (χ0) is 23.6. The zero-order valence-corrected chi connectivity index (χ0v) is 19.6. The summed E-state index contributed by atoms with van der Waals surface area (Å²) in [7, 11) is 1.58. The molecule has 3 aromatic carbocycles. The van der Waals surface area contributed by atoms with Crippen LogP contribution in [0.2, 0.25) is 0 Å². The number of methoxy groups -OCH3 is 1. The largest absolute Gasteiger partial charge is 0.496 e. The van der Waals surface area contributed by atoms with E-state index >= 15 is 0 Å². The molecule has 1 heterocycles. The molecule has 0 atom stereocenters. The zero-order valence-electron chi connectivity index (χ0n) is 19.6. The van der Waals surface area contributed by atoms with E-state index in [0.29, 0.717) is 24.5 Å². The van der Waals surface area contributed by atoms with Crippen molar-refractivity contribution >= 4 is 16.9 Å². The number of carbonyl (C=O) groups is 1. The average Bonchev–Trinajstić information content (AvgIpc) is 3.24. The maximum absolute atomic E-state index is 12.4. The number of benzene rings is 3. The van der Waals surface area contributed by atoms with Gasteiger partial charge in [0.2, 0.25) is 0 Å². The second kappa shape index (κ2) is 11.9. The average molecular weight is 458 g/mol. The van der Waals surface area contributed by atoms with E-state index in [4.69, 9.17) is 14.5 Å². The topological polar surface area (TPSA) is 65.4 Å². The molecule has 0 spiro atoms. The number of amides is 1. The first-order valence-corrected chi connectivity index (χ1v) is 11.8. The van der Waals surface area contributed by atoms with Crippen molar-refractivity contribution in [3.63, 3.8) is 0 Å². The molecular weight excluding hydrogens is 426 g/mol. The van der Waals surface area contributed by atoms with Crippen LogP contribution in [0.3, 0.4) is 0 Å². The van der Waals surface area contributed by atoms with Crippen LogP contribution >= 0.6 is 0 Å². The molecule has 0 saturated heterocycles. The second-order valence-corrected chi connectivity index (χ2v) is 8.10. The molecule has 34 heavy (non-hydrogen) atoms. The molecule has 0 saturated carbocycles. The highest BCUT2D eigenvalue weighted by Crippen LogP contribution is 2.19. The molecule has 6 heteroatoms. The van der Waals surface area contributed by atoms with Crippen LogP contribution in [0.15, 0.2) is 78.9 Å². The molecule has 0 fully saturated rings. The Morgan fingerprint density at radius 1 is 0.912 bits per heavy atom. The van der Waals surface area contributed by atoms with Gasteiger partial charge in [-0.1, -0.05) is 48.9 Å². The van der Waals surface area contributed by atoms with Crippen LogP contribution in [-0.4, -0.2) is 35.7 Å². The fourth-order valence-corrected chi connectivity index (χ4v) is 4.05. The highest BCUT2D eigenvalue weighted by Gasteiger charge is 2.12. The van der Waals surface area contributed by atoms with Gasteiger partial charge in [0.25, 0.3) is 5.91 Å². The Kier molecular flexibility index (Phi) is 8.17. The molecule has 4 rings (SSSR count).